The lowest BCUT2D eigenvalue weighted by atomic mass is 10.1. The first-order chi connectivity index (χ1) is 11.7. The normalized spacial score (nSPS) is 12.0. The predicted octanol–water partition coefficient (Wildman–Crippen LogP) is 2.52. The third-order valence-corrected chi connectivity index (χ3v) is 3.83. The zero-order chi connectivity index (χ0) is 16.8. The molecule has 1 aromatic carbocycles. The van der Waals surface area contributed by atoms with Crippen molar-refractivity contribution in [3.8, 4) is 0 Å². The van der Waals surface area contributed by atoms with E-state index in [1.807, 2.05) is 42.6 Å². The van der Waals surface area contributed by atoms with Gasteiger partial charge in [-0.1, -0.05) is 36.4 Å². The van der Waals surface area contributed by atoms with Gasteiger partial charge in [0.05, 0.1) is 6.42 Å². The van der Waals surface area contributed by atoms with E-state index in [-0.39, 0.29) is 18.2 Å². The number of benzene rings is 1. The lowest BCUT2D eigenvalue weighted by Gasteiger charge is -2.01. The molecule has 1 unspecified atom stereocenters. The van der Waals surface area contributed by atoms with Gasteiger partial charge in [0.2, 0.25) is 12.0 Å². The molecule has 1 atom stereocenters. The second-order valence-corrected chi connectivity index (χ2v) is 5.90. The van der Waals surface area contributed by atoms with E-state index in [9.17, 15) is 4.79 Å². The quantitative estimate of drug-likeness (QED) is 0.627. The highest BCUT2D eigenvalue weighted by Crippen LogP contribution is 2.09. The van der Waals surface area contributed by atoms with E-state index in [1.165, 1.54) is 5.56 Å². The van der Waals surface area contributed by atoms with Crippen LogP contribution in [0.4, 0.5) is 0 Å². The van der Waals surface area contributed by atoms with Crippen LogP contribution in [0.1, 0.15) is 30.0 Å². The molecule has 24 heavy (non-hydrogen) atoms. The van der Waals surface area contributed by atoms with E-state index in [0.29, 0.717) is 12.2 Å². The zero-order valence-electron chi connectivity index (χ0n) is 13.6. The number of nitrogens with zero attached hydrogens (tertiary/aromatic N) is 3. The van der Waals surface area contributed by atoms with Crippen LogP contribution >= 0.6 is 0 Å². The first-order valence-corrected chi connectivity index (χ1v) is 8.03. The molecule has 122 valence electrons. The predicted molar refractivity (Wildman–Crippen MR) is 88.2 cm³/mol. The Morgan fingerprint density at radius 2 is 1.92 bits per heavy atom. The number of aromatic nitrogens is 3. The summed E-state index contributed by atoms with van der Waals surface area (Å²) in [5.41, 5.74) is 2.01. The van der Waals surface area contributed by atoms with Gasteiger partial charge in [-0.3, -0.25) is 9.78 Å². The second-order valence-electron chi connectivity index (χ2n) is 5.90. The Kier molecular flexibility index (Phi) is 5.11. The zero-order valence-corrected chi connectivity index (χ0v) is 13.6. The number of Topliss-reactive ketones (excluding diaryl/α,β-unsaturated/α-hetero) is 1. The van der Waals surface area contributed by atoms with Crippen LogP contribution in [-0.2, 0) is 24.1 Å². The molecule has 0 bridgehead atoms. The number of pyridine rings is 1. The van der Waals surface area contributed by atoms with Crippen molar-refractivity contribution in [3.63, 3.8) is 0 Å². The van der Waals surface area contributed by atoms with E-state index in [2.05, 4.69) is 29.3 Å². The molecule has 0 radical (unpaired) electrons. The summed E-state index contributed by atoms with van der Waals surface area (Å²) in [6.45, 7) is 2.08. The van der Waals surface area contributed by atoms with E-state index in [0.717, 1.165) is 12.1 Å². The van der Waals surface area contributed by atoms with Crippen molar-refractivity contribution in [1.82, 2.24) is 10.3 Å². The van der Waals surface area contributed by atoms with Crippen molar-refractivity contribution >= 4 is 5.78 Å². The largest absolute Gasteiger partial charge is 0.305 e. The van der Waals surface area contributed by atoms with E-state index >= 15 is 0 Å². The number of ketones is 1. The molecule has 0 saturated carbocycles. The molecule has 0 N–H and O–H groups in total. The Labute approximate surface area is 140 Å². The van der Waals surface area contributed by atoms with Crippen LogP contribution < -0.4 is 4.68 Å². The summed E-state index contributed by atoms with van der Waals surface area (Å²) in [6, 6.07) is 16.0. The third-order valence-electron chi connectivity index (χ3n) is 3.83. The van der Waals surface area contributed by atoms with Gasteiger partial charge < -0.3 is 4.52 Å². The van der Waals surface area contributed by atoms with Crippen LogP contribution in [0, 0.1) is 0 Å². The molecule has 0 spiro atoms. The van der Waals surface area contributed by atoms with Crippen LogP contribution in [0.5, 0.6) is 0 Å². The maximum atomic E-state index is 12.1. The maximum absolute atomic E-state index is 12.1. The number of hydrogen-bond acceptors (Lipinski definition) is 4. The lowest BCUT2D eigenvalue weighted by Crippen LogP contribution is -2.40. The number of carbonyl (C=O) groups excluding carboxylic acids is 1. The molecule has 5 heteroatoms. The number of carbonyl (C=O) groups is 1. The van der Waals surface area contributed by atoms with E-state index in [4.69, 9.17) is 4.52 Å². The van der Waals surface area contributed by atoms with Crippen molar-refractivity contribution < 1.29 is 14.0 Å². The molecule has 2 aromatic heterocycles. The fourth-order valence-corrected chi connectivity index (χ4v) is 2.59. The highest BCUT2D eigenvalue weighted by atomic mass is 16.5. The summed E-state index contributed by atoms with van der Waals surface area (Å²) in [7, 11) is 0. The minimum absolute atomic E-state index is 0.0627. The molecule has 0 aliphatic carbocycles. The Hall–Kier alpha value is -2.82. The molecule has 0 saturated heterocycles. The summed E-state index contributed by atoms with van der Waals surface area (Å²) < 4.78 is 7.08. The summed E-state index contributed by atoms with van der Waals surface area (Å²) >= 11 is 0. The first-order valence-electron chi connectivity index (χ1n) is 8.03. The van der Waals surface area contributed by atoms with Crippen LogP contribution in [0.25, 0.3) is 0 Å². The van der Waals surface area contributed by atoms with Gasteiger partial charge in [0.25, 0.3) is 0 Å². The molecule has 0 aliphatic heterocycles. The molecule has 3 aromatic rings. The average Bonchev–Trinajstić information content (AvgIpc) is 3.05. The molecule has 5 nitrogen and oxygen atoms in total. The van der Waals surface area contributed by atoms with Crippen LogP contribution in [0.2, 0.25) is 0 Å². The van der Waals surface area contributed by atoms with Gasteiger partial charge in [-0.2, -0.15) is 0 Å². The SMILES string of the molecule is CC(Cc1ccccc1)[n+]1cc(CC(=O)Cc2ccccn2)on1. The highest BCUT2D eigenvalue weighted by molar-refractivity contribution is 5.82. The Morgan fingerprint density at radius 3 is 2.67 bits per heavy atom. The molecule has 0 aliphatic rings. The van der Waals surface area contributed by atoms with Gasteiger partial charge in [-0.15, -0.1) is 0 Å². The van der Waals surface area contributed by atoms with Crippen molar-refractivity contribution in [3.05, 3.63) is 77.9 Å². The van der Waals surface area contributed by atoms with Gasteiger partial charge in [0.15, 0.2) is 11.3 Å². The van der Waals surface area contributed by atoms with Crippen molar-refractivity contribution in [2.24, 2.45) is 0 Å². The first kappa shape index (κ1) is 16.1. The van der Waals surface area contributed by atoms with Crippen molar-refractivity contribution in [2.75, 3.05) is 0 Å². The molecule has 2 heterocycles. The molecule has 3 rings (SSSR count). The summed E-state index contributed by atoms with van der Waals surface area (Å²) in [5.74, 6) is 0.642. The fraction of sp³-hybridized carbons (Fsp3) is 0.263. The Balaban J connectivity index is 1.58. The van der Waals surface area contributed by atoms with Gasteiger partial charge in [0, 0.05) is 31.7 Å². The third kappa shape index (κ3) is 4.35. The Bertz CT molecular complexity index is 785. The van der Waals surface area contributed by atoms with Gasteiger partial charge in [0.1, 0.15) is 5.78 Å². The minimum Gasteiger partial charge on any atom is -0.305 e. The maximum Gasteiger partial charge on any atom is 0.241 e. The smallest absolute Gasteiger partial charge is 0.241 e. The fourth-order valence-electron chi connectivity index (χ4n) is 2.59. The number of hydrogen-bond donors (Lipinski definition) is 0. The van der Waals surface area contributed by atoms with Crippen molar-refractivity contribution in [1.29, 1.82) is 0 Å². The monoisotopic (exact) mass is 322 g/mol. The second kappa shape index (κ2) is 7.64. The summed E-state index contributed by atoms with van der Waals surface area (Å²) in [6.07, 6.45) is 4.90. The molecule has 0 amide bonds. The number of rotatable bonds is 7. The van der Waals surface area contributed by atoms with Gasteiger partial charge >= 0.3 is 0 Å². The van der Waals surface area contributed by atoms with Gasteiger partial charge in [-0.25, -0.2) is 0 Å². The molecular weight excluding hydrogens is 302 g/mol. The van der Waals surface area contributed by atoms with Crippen LogP contribution in [0.3, 0.4) is 0 Å². The van der Waals surface area contributed by atoms with Gasteiger partial charge in [-0.05, 0) is 22.4 Å². The topological polar surface area (TPSA) is 59.9 Å². The summed E-state index contributed by atoms with van der Waals surface area (Å²) in [4.78, 5) is 16.3. The molecular formula is C19H20N3O2+. The van der Waals surface area contributed by atoms with Crippen molar-refractivity contribution in [2.45, 2.75) is 32.2 Å². The van der Waals surface area contributed by atoms with Crippen LogP contribution in [0.15, 0.2) is 65.4 Å². The van der Waals surface area contributed by atoms with Crippen LogP contribution in [-0.4, -0.2) is 16.0 Å². The lowest BCUT2D eigenvalue weighted by molar-refractivity contribution is -0.782. The van der Waals surface area contributed by atoms with E-state index < -0.39 is 0 Å². The Morgan fingerprint density at radius 1 is 1.12 bits per heavy atom. The molecule has 0 fully saturated rings. The highest BCUT2D eigenvalue weighted by Gasteiger charge is 2.21. The van der Waals surface area contributed by atoms with E-state index in [1.54, 1.807) is 10.9 Å². The standard InChI is InChI=1S/C19H20N3O2/c1-15(11-16-7-3-2-4-8-16)22-14-19(24-21-22)13-18(23)12-17-9-5-6-10-20-17/h2-10,14-15H,11-13H2,1H3/q+1. The minimum atomic E-state index is 0.0627. The summed E-state index contributed by atoms with van der Waals surface area (Å²) in [5, 5.41) is 4.05. The average molecular weight is 322 g/mol.